The Balaban J connectivity index is 0.883. The molecule has 22 nitrogen and oxygen atoms in total. The zero-order valence-electron chi connectivity index (χ0n) is 40.9. The van der Waals surface area contributed by atoms with Crippen LogP contribution in [0.25, 0.3) is 0 Å². The number of hydrogen-bond acceptors (Lipinski definition) is 22. The summed E-state index contributed by atoms with van der Waals surface area (Å²) < 4.78 is 44.5. The molecule has 4 aliphatic heterocycles. The maximum atomic E-state index is 10.8. The van der Waals surface area contributed by atoms with Crippen molar-refractivity contribution in [3.8, 4) is 0 Å². The Morgan fingerprint density at radius 2 is 0.471 bits per heavy atom. The number of ether oxygens (including phenoxy) is 8. The molecular formula is C48H90O22. The highest BCUT2D eigenvalue weighted by Crippen LogP contribution is 2.32. The molecule has 0 spiro atoms. The SMILES string of the molecule is OCC1OC(O[C@H]2C(CO)OC(OCCCCCCCCCCCCCCCCCCCCCCCCO[C@@H]3OC(CO)[C@@H](O[C@H]4OC(CO)[C@@H](O)[C@H](O)C4O)[C@H](O)C3O)[C@H](O)C2O)[C@H](O)C(O)[C@H]1O. The van der Waals surface area contributed by atoms with Gasteiger partial charge in [-0.2, -0.15) is 0 Å². The van der Waals surface area contributed by atoms with Gasteiger partial charge in [0.2, 0.25) is 0 Å². The maximum Gasteiger partial charge on any atom is 0.187 e. The largest absolute Gasteiger partial charge is 0.394 e. The molecule has 4 saturated heterocycles. The fourth-order valence-electron chi connectivity index (χ4n) is 9.52. The molecule has 14 N–H and O–H groups in total. The molecule has 4 rings (SSSR count). The lowest BCUT2D eigenvalue weighted by Crippen LogP contribution is -2.64. The molecule has 0 radical (unpaired) electrons. The summed E-state index contributed by atoms with van der Waals surface area (Å²) in [5.74, 6) is 0. The van der Waals surface area contributed by atoms with Crippen molar-refractivity contribution in [1.82, 2.24) is 0 Å². The van der Waals surface area contributed by atoms with Crippen LogP contribution in [0.3, 0.4) is 0 Å². The Labute approximate surface area is 412 Å². The van der Waals surface area contributed by atoms with E-state index in [0.29, 0.717) is 0 Å². The molecule has 10 unspecified atom stereocenters. The molecule has 0 saturated carbocycles. The van der Waals surface area contributed by atoms with Crippen LogP contribution in [-0.2, 0) is 37.9 Å². The summed E-state index contributed by atoms with van der Waals surface area (Å²) in [6.07, 6.45) is -4.01. The molecule has 0 aliphatic carbocycles. The first-order valence-electron chi connectivity index (χ1n) is 26.2. The summed E-state index contributed by atoms with van der Waals surface area (Å²) in [5, 5.41) is 142. The highest BCUT2D eigenvalue weighted by atomic mass is 16.8. The van der Waals surface area contributed by atoms with Crippen LogP contribution < -0.4 is 0 Å². The molecule has 22 heteroatoms. The first kappa shape index (κ1) is 61.7. The van der Waals surface area contributed by atoms with Gasteiger partial charge in [-0.3, -0.25) is 0 Å². The Hall–Kier alpha value is -0.880. The number of hydrogen-bond donors (Lipinski definition) is 14. The molecule has 4 aliphatic rings. The van der Waals surface area contributed by atoms with E-state index in [2.05, 4.69) is 0 Å². The molecule has 0 amide bonds. The Bertz CT molecular complexity index is 1220. The number of rotatable bonds is 35. The minimum Gasteiger partial charge on any atom is -0.394 e. The molecule has 0 aromatic rings. The maximum absolute atomic E-state index is 10.8. The lowest BCUT2D eigenvalue weighted by atomic mass is 9.97. The van der Waals surface area contributed by atoms with Gasteiger partial charge in [0.15, 0.2) is 25.2 Å². The lowest BCUT2D eigenvalue weighted by molar-refractivity contribution is -0.359. The number of unbranched alkanes of at least 4 members (excludes halogenated alkanes) is 21. The van der Waals surface area contributed by atoms with Crippen molar-refractivity contribution in [2.75, 3.05) is 39.6 Å². The van der Waals surface area contributed by atoms with Gasteiger partial charge < -0.3 is 109 Å². The molecule has 0 aromatic carbocycles. The highest BCUT2D eigenvalue weighted by molar-refractivity contribution is 4.96. The van der Waals surface area contributed by atoms with Gasteiger partial charge in [-0.15, -0.1) is 0 Å². The van der Waals surface area contributed by atoms with Crippen molar-refractivity contribution in [2.45, 2.75) is 264 Å². The van der Waals surface area contributed by atoms with Crippen LogP contribution in [0.15, 0.2) is 0 Å². The van der Waals surface area contributed by atoms with E-state index in [1.165, 1.54) is 89.9 Å². The van der Waals surface area contributed by atoms with Crippen molar-refractivity contribution < 1.29 is 109 Å². The van der Waals surface area contributed by atoms with Crippen LogP contribution in [0, 0.1) is 0 Å². The predicted molar refractivity (Wildman–Crippen MR) is 246 cm³/mol. The van der Waals surface area contributed by atoms with Crippen LogP contribution >= 0.6 is 0 Å². The standard InChI is InChI=1S/C48H90O22/c49-25-29-33(53)35(55)39(59)47(65-29)69-43-31(27-51)67-45(41(61)37(43)57)63-23-21-19-17-15-13-11-9-7-5-3-1-2-4-6-8-10-12-14-16-18-20-22-24-64-46-42(62)38(58)44(32(28-52)68-46)70-48-40(60)36(56)34(54)30(26-50)66-48/h29-62H,1-28H2/t29?,30?,31?,32?,33-,34+,35+,36?,37-,38?,39?,40-,41?,42-,43-,44+,45-,46?,47-,48?/m1/s1. The van der Waals surface area contributed by atoms with Gasteiger partial charge in [-0.05, 0) is 12.8 Å². The highest BCUT2D eigenvalue weighted by Gasteiger charge is 2.52. The summed E-state index contributed by atoms with van der Waals surface area (Å²) in [6.45, 7) is -1.97. The average molecular weight is 1020 g/mol. The minimum absolute atomic E-state index is 0.285. The van der Waals surface area contributed by atoms with E-state index in [0.717, 1.165) is 51.4 Å². The fraction of sp³-hybridized carbons (Fsp3) is 1.00. The molecule has 414 valence electrons. The smallest absolute Gasteiger partial charge is 0.187 e. The van der Waals surface area contributed by atoms with Crippen molar-refractivity contribution >= 4 is 0 Å². The summed E-state index contributed by atoms with van der Waals surface area (Å²) >= 11 is 0. The van der Waals surface area contributed by atoms with Crippen molar-refractivity contribution in [2.24, 2.45) is 0 Å². The van der Waals surface area contributed by atoms with Gasteiger partial charge >= 0.3 is 0 Å². The zero-order valence-corrected chi connectivity index (χ0v) is 40.9. The number of aliphatic hydroxyl groups is 14. The summed E-state index contributed by atoms with van der Waals surface area (Å²) in [7, 11) is 0. The van der Waals surface area contributed by atoms with Crippen molar-refractivity contribution in [3.63, 3.8) is 0 Å². The predicted octanol–water partition coefficient (Wildman–Crippen LogP) is -1.15. The van der Waals surface area contributed by atoms with E-state index in [4.69, 9.17) is 37.9 Å². The summed E-state index contributed by atoms with van der Waals surface area (Å²) in [4.78, 5) is 0. The second kappa shape index (κ2) is 33.9. The third kappa shape index (κ3) is 19.0. The Morgan fingerprint density at radius 3 is 0.729 bits per heavy atom. The molecular weight excluding hydrogens is 929 g/mol. The molecule has 4 fully saturated rings. The Morgan fingerprint density at radius 1 is 0.243 bits per heavy atom. The second-order valence-electron chi connectivity index (χ2n) is 19.5. The molecule has 70 heavy (non-hydrogen) atoms. The van der Waals surface area contributed by atoms with Gasteiger partial charge in [-0.25, -0.2) is 0 Å². The number of aliphatic hydroxyl groups excluding tert-OH is 14. The quantitative estimate of drug-likeness (QED) is 0.0333. The third-order valence-electron chi connectivity index (χ3n) is 14.0. The zero-order chi connectivity index (χ0) is 51.0. The molecule has 0 bridgehead atoms. The van der Waals surface area contributed by atoms with Gasteiger partial charge in [0, 0.05) is 13.2 Å². The van der Waals surface area contributed by atoms with Crippen molar-refractivity contribution in [1.29, 1.82) is 0 Å². The first-order chi connectivity index (χ1) is 33.8. The fourth-order valence-corrected chi connectivity index (χ4v) is 9.52. The molecule has 4 heterocycles. The summed E-state index contributed by atoms with van der Waals surface area (Å²) in [5.41, 5.74) is 0. The second-order valence-corrected chi connectivity index (χ2v) is 19.5. The lowest BCUT2D eigenvalue weighted by Gasteiger charge is -2.45. The summed E-state index contributed by atoms with van der Waals surface area (Å²) in [6, 6.07) is 0. The normalized spacial score (nSPS) is 38.3. The minimum atomic E-state index is -1.72. The van der Waals surface area contributed by atoms with E-state index >= 15 is 0 Å². The van der Waals surface area contributed by atoms with Crippen LogP contribution in [0.1, 0.15) is 141 Å². The van der Waals surface area contributed by atoms with E-state index < -0.39 is 149 Å². The van der Waals surface area contributed by atoms with Gasteiger partial charge in [0.25, 0.3) is 0 Å². The monoisotopic (exact) mass is 1020 g/mol. The van der Waals surface area contributed by atoms with Gasteiger partial charge in [0.1, 0.15) is 97.7 Å². The van der Waals surface area contributed by atoms with E-state index in [1.54, 1.807) is 0 Å². The van der Waals surface area contributed by atoms with E-state index in [-0.39, 0.29) is 13.2 Å². The van der Waals surface area contributed by atoms with Gasteiger partial charge in [0.05, 0.1) is 26.4 Å². The Kier molecular flexibility index (Phi) is 29.9. The topological polar surface area (TPSA) is 357 Å². The van der Waals surface area contributed by atoms with Crippen LogP contribution in [0.4, 0.5) is 0 Å². The molecule has 20 atom stereocenters. The first-order valence-corrected chi connectivity index (χ1v) is 26.2. The van der Waals surface area contributed by atoms with Crippen LogP contribution in [0.5, 0.6) is 0 Å². The third-order valence-corrected chi connectivity index (χ3v) is 14.0. The van der Waals surface area contributed by atoms with E-state index in [1.807, 2.05) is 0 Å². The van der Waals surface area contributed by atoms with Gasteiger partial charge in [-0.1, -0.05) is 128 Å². The van der Waals surface area contributed by atoms with Crippen LogP contribution in [0.2, 0.25) is 0 Å². The average Bonchev–Trinajstić information content (AvgIpc) is 3.36. The van der Waals surface area contributed by atoms with E-state index in [9.17, 15) is 71.5 Å². The molecule has 0 aromatic heterocycles. The van der Waals surface area contributed by atoms with Crippen molar-refractivity contribution in [3.05, 3.63) is 0 Å². The van der Waals surface area contributed by atoms with Crippen LogP contribution in [-0.4, -0.2) is 234 Å².